The van der Waals surface area contributed by atoms with E-state index in [9.17, 15) is 0 Å². The Bertz CT molecular complexity index is 321. The number of hydrogen-bond donors (Lipinski definition) is 1. The van der Waals surface area contributed by atoms with Crippen LogP contribution in [0.15, 0.2) is 18.3 Å². The first-order chi connectivity index (χ1) is 7.88. The lowest BCUT2D eigenvalue weighted by Crippen LogP contribution is -2.15. The van der Waals surface area contributed by atoms with Gasteiger partial charge in [-0.3, -0.25) is 0 Å². The minimum atomic E-state index is 0.750. The number of anilines is 1. The van der Waals surface area contributed by atoms with Crippen LogP contribution in [0, 0.1) is 5.92 Å². The van der Waals surface area contributed by atoms with Gasteiger partial charge in [-0.15, -0.1) is 0 Å². The Labute approximate surface area is 97.2 Å². The summed E-state index contributed by atoms with van der Waals surface area (Å²) in [6, 6.07) is 3.87. The monoisotopic (exact) mass is 220 g/mol. The Morgan fingerprint density at radius 2 is 2.19 bits per heavy atom. The molecule has 16 heavy (non-hydrogen) atoms. The molecule has 3 heteroatoms. The van der Waals surface area contributed by atoms with E-state index in [4.69, 9.17) is 4.74 Å². The maximum Gasteiger partial charge on any atom is 0.129 e. The summed E-state index contributed by atoms with van der Waals surface area (Å²) >= 11 is 0. The van der Waals surface area contributed by atoms with Crippen molar-refractivity contribution in [2.24, 2.45) is 5.92 Å². The molecule has 88 valence electrons. The fourth-order valence-electron chi connectivity index (χ4n) is 2.21. The van der Waals surface area contributed by atoms with Crippen molar-refractivity contribution in [1.82, 2.24) is 4.98 Å². The molecule has 1 fully saturated rings. The Morgan fingerprint density at radius 3 is 2.94 bits per heavy atom. The molecule has 1 N–H and O–H groups in total. The van der Waals surface area contributed by atoms with Gasteiger partial charge in [0.2, 0.25) is 0 Å². The Kier molecular flexibility index (Phi) is 4.03. The lowest BCUT2D eigenvalue weighted by atomic mass is 9.90. The zero-order chi connectivity index (χ0) is 11.2. The summed E-state index contributed by atoms with van der Waals surface area (Å²) in [7, 11) is 1.87. The van der Waals surface area contributed by atoms with Gasteiger partial charge < -0.3 is 10.1 Å². The molecule has 3 nitrogen and oxygen atoms in total. The summed E-state index contributed by atoms with van der Waals surface area (Å²) in [6.07, 6.45) is 8.56. The molecule has 0 aliphatic heterocycles. The van der Waals surface area contributed by atoms with Crippen molar-refractivity contribution in [2.75, 3.05) is 19.0 Å². The van der Waals surface area contributed by atoms with Crippen LogP contribution in [0.25, 0.3) is 0 Å². The number of aromatic nitrogens is 1. The van der Waals surface area contributed by atoms with Crippen molar-refractivity contribution >= 4 is 5.82 Å². The Morgan fingerprint density at radius 1 is 1.38 bits per heavy atom. The smallest absolute Gasteiger partial charge is 0.129 e. The van der Waals surface area contributed by atoms with E-state index in [1.165, 1.54) is 32.1 Å². The molecule has 1 aliphatic carbocycles. The molecule has 1 heterocycles. The predicted octanol–water partition coefficient (Wildman–Crippen LogP) is 3.08. The van der Waals surface area contributed by atoms with E-state index in [-0.39, 0.29) is 0 Å². The van der Waals surface area contributed by atoms with E-state index < -0.39 is 0 Å². The van der Waals surface area contributed by atoms with Crippen molar-refractivity contribution in [3.8, 4) is 5.75 Å². The number of hydrogen-bond acceptors (Lipinski definition) is 3. The first-order valence-electron chi connectivity index (χ1n) is 6.15. The first kappa shape index (κ1) is 11.2. The normalized spacial score (nSPS) is 17.1. The minimum absolute atomic E-state index is 0.750. The molecule has 0 spiro atoms. The summed E-state index contributed by atoms with van der Waals surface area (Å²) in [5, 5.41) is 3.01. The van der Waals surface area contributed by atoms with Gasteiger partial charge in [-0.25, -0.2) is 4.98 Å². The van der Waals surface area contributed by atoms with Gasteiger partial charge in [0.25, 0.3) is 0 Å². The standard InChI is InChI=1S/C13H20N2O/c1-14-13-9-12(7-8-15-13)16-10-11-5-3-2-4-6-11/h7-9,11H,2-6,10H2,1H3,(H,14,15). The second kappa shape index (κ2) is 5.73. The van der Waals surface area contributed by atoms with E-state index >= 15 is 0 Å². The SMILES string of the molecule is CNc1cc(OCC2CCCCC2)ccn1. The van der Waals surface area contributed by atoms with Crippen molar-refractivity contribution in [3.63, 3.8) is 0 Å². The van der Waals surface area contributed by atoms with Gasteiger partial charge in [-0.1, -0.05) is 19.3 Å². The molecular formula is C13H20N2O. The van der Waals surface area contributed by atoms with Gasteiger partial charge in [0.15, 0.2) is 0 Å². The van der Waals surface area contributed by atoms with Crippen molar-refractivity contribution in [3.05, 3.63) is 18.3 Å². The van der Waals surface area contributed by atoms with Crippen LogP contribution in [0.1, 0.15) is 32.1 Å². The van der Waals surface area contributed by atoms with Crippen LogP contribution in [-0.2, 0) is 0 Å². The lowest BCUT2D eigenvalue weighted by molar-refractivity contribution is 0.209. The fraction of sp³-hybridized carbons (Fsp3) is 0.615. The van der Waals surface area contributed by atoms with Crippen LogP contribution in [-0.4, -0.2) is 18.6 Å². The third kappa shape index (κ3) is 3.12. The third-order valence-corrected chi connectivity index (χ3v) is 3.20. The highest BCUT2D eigenvalue weighted by atomic mass is 16.5. The largest absolute Gasteiger partial charge is 0.493 e. The highest BCUT2D eigenvalue weighted by Crippen LogP contribution is 2.24. The van der Waals surface area contributed by atoms with Crippen molar-refractivity contribution in [1.29, 1.82) is 0 Å². The number of nitrogens with zero attached hydrogens (tertiary/aromatic N) is 1. The Balaban J connectivity index is 1.83. The molecule has 0 unspecified atom stereocenters. The number of nitrogens with one attached hydrogen (secondary N) is 1. The molecular weight excluding hydrogens is 200 g/mol. The van der Waals surface area contributed by atoms with E-state index in [2.05, 4.69) is 10.3 Å². The number of ether oxygens (including phenoxy) is 1. The average molecular weight is 220 g/mol. The topological polar surface area (TPSA) is 34.1 Å². The molecule has 0 bridgehead atoms. The molecule has 0 radical (unpaired) electrons. The lowest BCUT2D eigenvalue weighted by Gasteiger charge is -2.21. The van der Waals surface area contributed by atoms with E-state index in [1.807, 2.05) is 19.2 Å². The molecule has 1 aromatic heterocycles. The maximum atomic E-state index is 5.81. The fourth-order valence-corrected chi connectivity index (χ4v) is 2.21. The summed E-state index contributed by atoms with van der Waals surface area (Å²) < 4.78 is 5.81. The van der Waals surface area contributed by atoms with E-state index in [0.29, 0.717) is 0 Å². The summed E-state index contributed by atoms with van der Waals surface area (Å²) in [5.41, 5.74) is 0. The first-order valence-corrected chi connectivity index (χ1v) is 6.15. The van der Waals surface area contributed by atoms with Gasteiger partial charge in [0.05, 0.1) is 6.61 Å². The molecule has 0 atom stereocenters. The molecule has 1 aliphatic rings. The van der Waals surface area contributed by atoms with Crippen molar-refractivity contribution in [2.45, 2.75) is 32.1 Å². The van der Waals surface area contributed by atoms with E-state index in [1.54, 1.807) is 6.20 Å². The quantitative estimate of drug-likeness (QED) is 0.846. The maximum absolute atomic E-state index is 5.81. The van der Waals surface area contributed by atoms with Crippen LogP contribution in [0.3, 0.4) is 0 Å². The van der Waals surface area contributed by atoms with Crippen LogP contribution < -0.4 is 10.1 Å². The average Bonchev–Trinajstić information content (AvgIpc) is 2.38. The molecule has 0 saturated heterocycles. The van der Waals surface area contributed by atoms with Gasteiger partial charge in [-0.2, -0.15) is 0 Å². The van der Waals surface area contributed by atoms with Gasteiger partial charge in [-0.05, 0) is 24.8 Å². The summed E-state index contributed by atoms with van der Waals surface area (Å²) in [5.74, 6) is 2.53. The number of pyridine rings is 1. The Hall–Kier alpha value is -1.25. The van der Waals surface area contributed by atoms with Gasteiger partial charge in [0.1, 0.15) is 11.6 Å². The highest BCUT2D eigenvalue weighted by Gasteiger charge is 2.13. The summed E-state index contributed by atoms with van der Waals surface area (Å²) in [6.45, 7) is 0.854. The van der Waals surface area contributed by atoms with Crippen LogP contribution >= 0.6 is 0 Å². The molecule has 2 rings (SSSR count). The molecule has 0 aromatic carbocycles. The van der Waals surface area contributed by atoms with Crippen LogP contribution in [0.4, 0.5) is 5.82 Å². The van der Waals surface area contributed by atoms with E-state index in [0.717, 1.165) is 24.1 Å². The van der Waals surface area contributed by atoms with Gasteiger partial charge in [0, 0.05) is 19.3 Å². The molecule has 0 amide bonds. The van der Waals surface area contributed by atoms with Crippen LogP contribution in [0.5, 0.6) is 5.75 Å². The highest BCUT2D eigenvalue weighted by molar-refractivity contribution is 5.39. The second-order valence-electron chi connectivity index (χ2n) is 4.44. The zero-order valence-corrected chi connectivity index (χ0v) is 9.91. The minimum Gasteiger partial charge on any atom is -0.493 e. The molecule has 1 aromatic rings. The third-order valence-electron chi connectivity index (χ3n) is 3.20. The number of rotatable bonds is 4. The predicted molar refractivity (Wildman–Crippen MR) is 65.9 cm³/mol. The molecule has 1 saturated carbocycles. The van der Waals surface area contributed by atoms with Crippen LogP contribution in [0.2, 0.25) is 0 Å². The summed E-state index contributed by atoms with van der Waals surface area (Å²) in [4.78, 5) is 4.16. The second-order valence-corrected chi connectivity index (χ2v) is 4.44. The van der Waals surface area contributed by atoms with Crippen molar-refractivity contribution < 1.29 is 4.74 Å². The van der Waals surface area contributed by atoms with Gasteiger partial charge >= 0.3 is 0 Å². The zero-order valence-electron chi connectivity index (χ0n) is 9.91.